The molecule has 0 fully saturated rings. The molecule has 116 valence electrons. The number of carbonyl (C=O) groups excluding carboxylic acids is 1. The van der Waals surface area contributed by atoms with Gasteiger partial charge in [-0.15, -0.1) is 0 Å². The number of carboxylic acid groups (broad SMARTS) is 1. The number of hydrogen-bond donors (Lipinski definition) is 3. The molecule has 0 spiro atoms. The Balaban J connectivity index is 2.33. The predicted octanol–water partition coefficient (Wildman–Crippen LogP) is 2.02. The number of pyridine rings is 1. The van der Waals surface area contributed by atoms with Gasteiger partial charge in [-0.05, 0) is 29.9 Å². The van der Waals surface area contributed by atoms with Crippen molar-refractivity contribution >= 4 is 12.0 Å². The fraction of sp³-hybridized carbons (Fsp3) is 0.533. The monoisotopic (exact) mass is 293 g/mol. The highest BCUT2D eigenvalue weighted by molar-refractivity contribution is 5.74. The van der Waals surface area contributed by atoms with E-state index in [0.717, 1.165) is 12.0 Å². The number of amides is 2. The molecule has 0 unspecified atom stereocenters. The summed E-state index contributed by atoms with van der Waals surface area (Å²) in [6.45, 7) is 4.84. The summed E-state index contributed by atoms with van der Waals surface area (Å²) in [4.78, 5) is 26.5. The third-order valence-corrected chi connectivity index (χ3v) is 3.00. The third kappa shape index (κ3) is 7.91. The zero-order valence-electron chi connectivity index (χ0n) is 12.5. The molecule has 1 aromatic heterocycles. The Bertz CT molecular complexity index is 449. The average Bonchev–Trinajstić information content (AvgIpc) is 2.42. The molecule has 0 saturated carbocycles. The lowest BCUT2D eigenvalue weighted by Gasteiger charge is -2.18. The van der Waals surface area contributed by atoms with Crippen LogP contribution in [0, 0.1) is 11.8 Å². The summed E-state index contributed by atoms with van der Waals surface area (Å²) >= 11 is 0. The van der Waals surface area contributed by atoms with Gasteiger partial charge in [-0.25, -0.2) is 4.79 Å². The molecule has 6 heteroatoms. The molecule has 0 radical (unpaired) electrons. The van der Waals surface area contributed by atoms with Crippen molar-refractivity contribution < 1.29 is 14.7 Å². The second-order valence-corrected chi connectivity index (χ2v) is 5.52. The van der Waals surface area contributed by atoms with E-state index in [1.807, 2.05) is 19.9 Å². The van der Waals surface area contributed by atoms with E-state index in [0.29, 0.717) is 19.0 Å². The van der Waals surface area contributed by atoms with Crippen LogP contribution >= 0.6 is 0 Å². The first-order valence-electron chi connectivity index (χ1n) is 7.09. The lowest BCUT2D eigenvalue weighted by Crippen LogP contribution is -2.38. The van der Waals surface area contributed by atoms with Gasteiger partial charge in [0.05, 0.1) is 0 Å². The fourth-order valence-electron chi connectivity index (χ4n) is 2.14. The Labute approximate surface area is 125 Å². The van der Waals surface area contributed by atoms with E-state index in [2.05, 4.69) is 15.6 Å². The van der Waals surface area contributed by atoms with Gasteiger partial charge in [-0.1, -0.05) is 19.9 Å². The maximum Gasteiger partial charge on any atom is 0.315 e. The zero-order chi connectivity index (χ0) is 15.7. The van der Waals surface area contributed by atoms with E-state index in [1.165, 1.54) is 0 Å². The number of hydrogen-bond acceptors (Lipinski definition) is 3. The molecule has 1 rings (SSSR count). The van der Waals surface area contributed by atoms with Gasteiger partial charge in [-0.3, -0.25) is 9.78 Å². The van der Waals surface area contributed by atoms with E-state index in [4.69, 9.17) is 5.11 Å². The summed E-state index contributed by atoms with van der Waals surface area (Å²) in [5.74, 6) is -0.487. The number of nitrogens with zero attached hydrogens (tertiary/aromatic N) is 1. The maximum atomic E-state index is 11.7. The van der Waals surface area contributed by atoms with Gasteiger partial charge in [0.15, 0.2) is 0 Å². The molecule has 0 aromatic carbocycles. The predicted molar refractivity (Wildman–Crippen MR) is 79.7 cm³/mol. The minimum Gasteiger partial charge on any atom is -0.481 e. The lowest BCUT2D eigenvalue weighted by molar-refractivity contribution is -0.138. The molecule has 2 amide bonds. The number of nitrogens with one attached hydrogen (secondary N) is 2. The lowest BCUT2D eigenvalue weighted by atomic mass is 9.94. The molecule has 1 heterocycles. The number of urea groups is 1. The second kappa shape index (κ2) is 8.94. The first-order valence-corrected chi connectivity index (χ1v) is 7.09. The highest BCUT2D eigenvalue weighted by Crippen LogP contribution is 2.14. The number of aromatic nitrogens is 1. The number of carboxylic acids is 1. The number of rotatable bonds is 8. The summed E-state index contributed by atoms with van der Waals surface area (Å²) in [7, 11) is 0. The molecule has 0 aliphatic heterocycles. The van der Waals surface area contributed by atoms with Crippen molar-refractivity contribution in [2.24, 2.45) is 11.8 Å². The Hall–Kier alpha value is -2.11. The molecule has 6 nitrogen and oxygen atoms in total. The topological polar surface area (TPSA) is 91.3 Å². The van der Waals surface area contributed by atoms with E-state index >= 15 is 0 Å². The Morgan fingerprint density at radius 2 is 2.10 bits per heavy atom. The molecule has 0 aliphatic carbocycles. The first kappa shape index (κ1) is 16.9. The maximum absolute atomic E-state index is 11.7. The van der Waals surface area contributed by atoms with Crippen LogP contribution in [0.4, 0.5) is 4.79 Å². The van der Waals surface area contributed by atoms with E-state index in [1.54, 1.807) is 18.5 Å². The van der Waals surface area contributed by atoms with Crippen LogP contribution in [0.5, 0.6) is 0 Å². The largest absolute Gasteiger partial charge is 0.481 e. The highest BCUT2D eigenvalue weighted by Gasteiger charge is 2.15. The van der Waals surface area contributed by atoms with Gasteiger partial charge in [0.25, 0.3) is 0 Å². The zero-order valence-corrected chi connectivity index (χ0v) is 12.5. The van der Waals surface area contributed by atoms with E-state index in [-0.39, 0.29) is 18.4 Å². The fourth-order valence-corrected chi connectivity index (χ4v) is 2.14. The van der Waals surface area contributed by atoms with Crippen LogP contribution in [0.1, 0.15) is 32.3 Å². The van der Waals surface area contributed by atoms with Crippen LogP contribution in [-0.2, 0) is 11.3 Å². The molecule has 21 heavy (non-hydrogen) atoms. The van der Waals surface area contributed by atoms with Crippen LogP contribution in [0.3, 0.4) is 0 Å². The number of aliphatic carboxylic acids is 1. The summed E-state index contributed by atoms with van der Waals surface area (Å²) < 4.78 is 0. The molecular formula is C15H23N3O3. The molecule has 3 N–H and O–H groups in total. The van der Waals surface area contributed by atoms with Crippen molar-refractivity contribution in [2.45, 2.75) is 33.2 Å². The number of carbonyl (C=O) groups is 2. The third-order valence-electron chi connectivity index (χ3n) is 3.00. The van der Waals surface area contributed by atoms with Crippen molar-refractivity contribution in [1.29, 1.82) is 0 Å². The molecule has 1 aromatic rings. The summed E-state index contributed by atoms with van der Waals surface area (Å²) in [5.41, 5.74) is 0.914. The Morgan fingerprint density at radius 1 is 1.33 bits per heavy atom. The van der Waals surface area contributed by atoms with E-state index in [9.17, 15) is 9.59 Å². The first-order chi connectivity index (χ1) is 9.97. The minimum atomic E-state index is -0.835. The second-order valence-electron chi connectivity index (χ2n) is 5.52. The van der Waals surface area contributed by atoms with Crippen molar-refractivity contribution in [1.82, 2.24) is 15.6 Å². The van der Waals surface area contributed by atoms with Crippen molar-refractivity contribution in [3.63, 3.8) is 0 Å². The summed E-state index contributed by atoms with van der Waals surface area (Å²) in [6.07, 6.45) is 4.20. The van der Waals surface area contributed by atoms with Gasteiger partial charge >= 0.3 is 12.0 Å². The average molecular weight is 293 g/mol. The minimum absolute atomic E-state index is 0.0494. The summed E-state index contributed by atoms with van der Waals surface area (Å²) in [5, 5.41) is 14.3. The van der Waals surface area contributed by atoms with Crippen LogP contribution in [0.2, 0.25) is 0 Å². The van der Waals surface area contributed by atoms with Crippen molar-refractivity contribution in [2.75, 3.05) is 6.54 Å². The normalized spacial score (nSPS) is 12.0. The summed E-state index contributed by atoms with van der Waals surface area (Å²) in [6, 6.07) is 3.39. The Kier molecular flexibility index (Phi) is 7.21. The van der Waals surface area contributed by atoms with Crippen LogP contribution < -0.4 is 10.6 Å². The van der Waals surface area contributed by atoms with Crippen LogP contribution in [0.15, 0.2) is 24.5 Å². The van der Waals surface area contributed by atoms with Gasteiger partial charge in [0.1, 0.15) is 0 Å². The van der Waals surface area contributed by atoms with Gasteiger partial charge < -0.3 is 15.7 Å². The van der Waals surface area contributed by atoms with Gasteiger partial charge in [0, 0.05) is 31.9 Å². The quantitative estimate of drug-likeness (QED) is 0.684. The molecule has 1 atom stereocenters. The van der Waals surface area contributed by atoms with Crippen molar-refractivity contribution in [3.05, 3.63) is 30.1 Å². The van der Waals surface area contributed by atoms with Crippen molar-refractivity contribution in [3.8, 4) is 0 Å². The standard InChI is InChI=1S/C15H23N3O3/c1-11(2)6-13(7-14(19)20)10-18-15(21)17-9-12-4-3-5-16-8-12/h3-5,8,11,13H,6-7,9-10H2,1-2H3,(H,19,20)(H2,17,18,21)/t13-/m0/s1. The molecule has 0 saturated heterocycles. The van der Waals surface area contributed by atoms with Crippen LogP contribution in [-0.4, -0.2) is 28.6 Å². The van der Waals surface area contributed by atoms with Crippen LogP contribution in [0.25, 0.3) is 0 Å². The van der Waals surface area contributed by atoms with E-state index < -0.39 is 5.97 Å². The Morgan fingerprint density at radius 3 is 2.67 bits per heavy atom. The smallest absolute Gasteiger partial charge is 0.315 e. The molecular weight excluding hydrogens is 270 g/mol. The highest BCUT2D eigenvalue weighted by atomic mass is 16.4. The molecule has 0 bridgehead atoms. The van der Waals surface area contributed by atoms with Gasteiger partial charge in [-0.2, -0.15) is 0 Å². The SMILES string of the molecule is CC(C)C[C@H](CNC(=O)NCc1cccnc1)CC(=O)O. The molecule has 0 aliphatic rings. The van der Waals surface area contributed by atoms with Gasteiger partial charge in [0.2, 0.25) is 0 Å².